The highest BCUT2D eigenvalue weighted by Crippen LogP contribution is 2.45. The maximum absolute atomic E-state index is 13.6. The van der Waals surface area contributed by atoms with E-state index in [1.54, 1.807) is 0 Å². The molecule has 38 heavy (non-hydrogen) atoms. The molecule has 9 nitrogen and oxygen atoms in total. The zero-order valence-electron chi connectivity index (χ0n) is 23.4. The van der Waals surface area contributed by atoms with Crippen LogP contribution in [0.3, 0.4) is 0 Å². The molecule has 214 valence electrons. The van der Waals surface area contributed by atoms with Crippen molar-refractivity contribution >= 4 is 11.9 Å². The molecule has 0 aromatic heterocycles. The van der Waals surface area contributed by atoms with E-state index in [-0.39, 0.29) is 37.8 Å². The molecule has 0 bridgehead atoms. The number of fused-ring (bicyclic) bond motifs is 1. The van der Waals surface area contributed by atoms with Crippen molar-refractivity contribution in [2.45, 2.75) is 84.3 Å². The summed E-state index contributed by atoms with van der Waals surface area (Å²) in [4.78, 5) is 30.4. The number of hydrogen-bond donors (Lipinski definition) is 3. The van der Waals surface area contributed by atoms with Crippen LogP contribution in [0.1, 0.15) is 82.8 Å². The third-order valence-corrected chi connectivity index (χ3v) is 7.98. The van der Waals surface area contributed by atoms with Crippen molar-refractivity contribution in [3.63, 3.8) is 0 Å². The number of likely N-dealkylation sites (tertiary alicyclic amines) is 1. The van der Waals surface area contributed by atoms with E-state index in [0.717, 1.165) is 44.1 Å². The summed E-state index contributed by atoms with van der Waals surface area (Å²) < 4.78 is 11.1. The average molecular weight is 534 g/mol. The standard InChI is InChI=1S/C29H47N3O6/c1-4-6-11-31(12-8-7-10-30)26(34)17-32-16-23(27(29(35)36)24(32)13-20(3)9-5-2)21-14-22(18-33)28-25(15-21)37-19-38-28/h14-15,20,23-24,27,33H,4-13,16-19,30H2,1-3H3,(H,35,36)/t20?,23-,24+,27-/m1/s1. The van der Waals surface area contributed by atoms with Crippen LogP contribution in [0, 0.1) is 11.8 Å². The van der Waals surface area contributed by atoms with Crippen LogP contribution in [0.25, 0.3) is 0 Å². The molecule has 3 rings (SSSR count). The molecule has 1 unspecified atom stereocenters. The van der Waals surface area contributed by atoms with Crippen LogP contribution in [0.4, 0.5) is 0 Å². The van der Waals surface area contributed by atoms with Gasteiger partial charge in [0.05, 0.1) is 19.1 Å². The van der Waals surface area contributed by atoms with E-state index in [2.05, 4.69) is 25.7 Å². The van der Waals surface area contributed by atoms with Gasteiger partial charge in [-0.25, -0.2) is 0 Å². The number of unbranched alkanes of at least 4 members (excludes halogenated alkanes) is 2. The lowest BCUT2D eigenvalue weighted by Gasteiger charge is -2.31. The molecule has 0 spiro atoms. The number of carboxylic acid groups (broad SMARTS) is 1. The lowest BCUT2D eigenvalue weighted by molar-refractivity contribution is -0.144. The Hall–Kier alpha value is -2.36. The van der Waals surface area contributed by atoms with Gasteiger partial charge in [0.25, 0.3) is 0 Å². The largest absolute Gasteiger partial charge is 0.481 e. The molecule has 2 aliphatic rings. The van der Waals surface area contributed by atoms with Gasteiger partial charge in [0.1, 0.15) is 0 Å². The minimum Gasteiger partial charge on any atom is -0.481 e. The Balaban J connectivity index is 1.91. The molecule has 9 heteroatoms. The van der Waals surface area contributed by atoms with E-state index in [9.17, 15) is 19.8 Å². The number of carbonyl (C=O) groups excluding carboxylic acids is 1. The minimum absolute atomic E-state index is 0.0511. The fraction of sp³-hybridized carbons (Fsp3) is 0.724. The second-order valence-electron chi connectivity index (χ2n) is 10.9. The third kappa shape index (κ3) is 7.39. The summed E-state index contributed by atoms with van der Waals surface area (Å²) in [5, 5.41) is 20.4. The van der Waals surface area contributed by atoms with Gasteiger partial charge >= 0.3 is 5.97 Å². The molecule has 1 saturated heterocycles. The van der Waals surface area contributed by atoms with Crippen molar-refractivity contribution in [3.05, 3.63) is 23.3 Å². The molecular weight excluding hydrogens is 486 g/mol. The van der Waals surface area contributed by atoms with Crippen LogP contribution in [-0.4, -0.2) is 77.4 Å². The van der Waals surface area contributed by atoms with Gasteiger partial charge in [-0.05, 0) is 55.8 Å². The topological polar surface area (TPSA) is 126 Å². The monoisotopic (exact) mass is 533 g/mol. The first kappa shape index (κ1) is 30.2. The van der Waals surface area contributed by atoms with E-state index in [1.165, 1.54) is 0 Å². The van der Waals surface area contributed by atoms with Gasteiger partial charge in [0.2, 0.25) is 12.7 Å². The highest BCUT2D eigenvalue weighted by Gasteiger charge is 2.48. The Morgan fingerprint density at radius 2 is 1.92 bits per heavy atom. The number of benzene rings is 1. The summed E-state index contributed by atoms with van der Waals surface area (Å²) in [5.41, 5.74) is 7.08. The molecule has 4 N–H and O–H groups in total. The van der Waals surface area contributed by atoms with Crippen molar-refractivity contribution in [2.24, 2.45) is 17.6 Å². The Morgan fingerprint density at radius 1 is 1.16 bits per heavy atom. The first-order valence-corrected chi connectivity index (χ1v) is 14.3. The van der Waals surface area contributed by atoms with Crippen molar-refractivity contribution in [1.82, 2.24) is 9.80 Å². The molecule has 4 atom stereocenters. The Labute approximate surface area is 227 Å². The van der Waals surface area contributed by atoms with Crippen LogP contribution < -0.4 is 15.2 Å². The molecule has 1 aromatic carbocycles. The fourth-order valence-corrected chi connectivity index (χ4v) is 6.02. The number of amides is 1. The van der Waals surface area contributed by atoms with E-state index < -0.39 is 11.9 Å². The minimum atomic E-state index is -0.854. The van der Waals surface area contributed by atoms with Gasteiger partial charge in [-0.2, -0.15) is 0 Å². The van der Waals surface area contributed by atoms with Crippen LogP contribution >= 0.6 is 0 Å². The second-order valence-corrected chi connectivity index (χ2v) is 10.9. The molecule has 1 aromatic rings. The van der Waals surface area contributed by atoms with Gasteiger partial charge in [-0.15, -0.1) is 0 Å². The van der Waals surface area contributed by atoms with Crippen LogP contribution in [0.2, 0.25) is 0 Å². The lowest BCUT2D eigenvalue weighted by atomic mass is 9.81. The first-order valence-electron chi connectivity index (χ1n) is 14.3. The number of hydrogen-bond acceptors (Lipinski definition) is 7. The van der Waals surface area contributed by atoms with Gasteiger partial charge in [-0.1, -0.05) is 40.0 Å². The van der Waals surface area contributed by atoms with Crippen molar-refractivity contribution in [1.29, 1.82) is 0 Å². The van der Waals surface area contributed by atoms with E-state index in [1.807, 2.05) is 17.0 Å². The summed E-state index contributed by atoms with van der Waals surface area (Å²) >= 11 is 0. The molecule has 0 radical (unpaired) electrons. The zero-order chi connectivity index (χ0) is 27.7. The van der Waals surface area contributed by atoms with E-state index in [0.29, 0.717) is 55.6 Å². The SMILES string of the molecule is CCCCN(CCCCN)C(=O)CN1C[C@H](c2cc(CO)c3c(c2)OCO3)[C@@H](C(=O)O)[C@@H]1CC(C)CCC. The van der Waals surface area contributed by atoms with Gasteiger partial charge in [0, 0.05) is 37.2 Å². The fourth-order valence-electron chi connectivity index (χ4n) is 6.02. The predicted octanol–water partition coefficient (Wildman–Crippen LogP) is 3.57. The van der Waals surface area contributed by atoms with Crippen molar-refractivity contribution in [2.75, 3.05) is 39.5 Å². The Kier molecular flexibility index (Phi) is 11.7. The zero-order valence-corrected chi connectivity index (χ0v) is 23.4. The summed E-state index contributed by atoms with van der Waals surface area (Å²) in [6.45, 7) is 8.92. The molecule has 1 amide bonds. The van der Waals surface area contributed by atoms with Gasteiger partial charge in [0.15, 0.2) is 11.5 Å². The number of aliphatic hydroxyl groups excluding tert-OH is 1. The van der Waals surface area contributed by atoms with Gasteiger partial charge in [-0.3, -0.25) is 14.5 Å². The maximum Gasteiger partial charge on any atom is 0.308 e. The first-order chi connectivity index (χ1) is 18.3. The normalized spacial score (nSPS) is 21.6. The van der Waals surface area contributed by atoms with Crippen molar-refractivity contribution < 1.29 is 29.3 Å². The Bertz CT molecular complexity index is 926. The molecule has 0 aliphatic carbocycles. The van der Waals surface area contributed by atoms with Crippen LogP contribution in [0.5, 0.6) is 11.5 Å². The molecule has 2 heterocycles. The summed E-state index contributed by atoms with van der Waals surface area (Å²) in [6.07, 6.45) is 6.43. The number of aliphatic carboxylic acids is 1. The van der Waals surface area contributed by atoms with Crippen LogP contribution in [-0.2, 0) is 16.2 Å². The molecule has 0 saturated carbocycles. The lowest BCUT2D eigenvalue weighted by Crippen LogP contribution is -2.45. The number of nitrogens with zero attached hydrogens (tertiary/aromatic N) is 2. The highest BCUT2D eigenvalue weighted by atomic mass is 16.7. The molecule has 1 fully saturated rings. The highest BCUT2D eigenvalue weighted by molar-refractivity contribution is 5.79. The van der Waals surface area contributed by atoms with E-state index >= 15 is 0 Å². The number of aliphatic hydroxyl groups is 1. The number of carbonyl (C=O) groups is 2. The van der Waals surface area contributed by atoms with Gasteiger partial charge < -0.3 is 30.3 Å². The summed E-state index contributed by atoms with van der Waals surface area (Å²) in [5.74, 6) is -0.413. The average Bonchev–Trinajstić information content (AvgIpc) is 3.50. The number of rotatable bonds is 16. The number of ether oxygens (including phenoxy) is 2. The smallest absolute Gasteiger partial charge is 0.308 e. The Morgan fingerprint density at radius 3 is 2.58 bits per heavy atom. The predicted molar refractivity (Wildman–Crippen MR) is 146 cm³/mol. The summed E-state index contributed by atoms with van der Waals surface area (Å²) in [7, 11) is 0. The quantitative estimate of drug-likeness (QED) is 0.275. The summed E-state index contributed by atoms with van der Waals surface area (Å²) in [6, 6.07) is 3.43. The van der Waals surface area contributed by atoms with E-state index in [4.69, 9.17) is 15.2 Å². The third-order valence-electron chi connectivity index (χ3n) is 7.98. The van der Waals surface area contributed by atoms with Crippen molar-refractivity contribution in [3.8, 4) is 11.5 Å². The molecule has 2 aliphatic heterocycles. The molecular formula is C29H47N3O6. The number of nitrogens with two attached hydrogens (primary N) is 1. The second kappa shape index (κ2) is 14.7. The number of carboxylic acids is 1. The maximum atomic E-state index is 13.6. The van der Waals surface area contributed by atoms with Crippen LogP contribution in [0.15, 0.2) is 12.1 Å².